The van der Waals surface area contributed by atoms with E-state index in [1.807, 2.05) is 12.1 Å². The average molecular weight is 310 g/mol. The molecule has 2 aromatic carbocycles. The lowest BCUT2D eigenvalue weighted by molar-refractivity contribution is 0.0602. The number of para-hydroxylation sites is 1. The summed E-state index contributed by atoms with van der Waals surface area (Å²) in [7, 11) is 1.31. The molecule has 0 unspecified atom stereocenters. The van der Waals surface area contributed by atoms with Crippen molar-refractivity contribution in [1.82, 2.24) is 0 Å². The molecule has 0 heterocycles. The van der Waals surface area contributed by atoms with Crippen molar-refractivity contribution in [2.75, 3.05) is 17.7 Å². The first-order valence-electron chi connectivity index (χ1n) is 7.54. The zero-order valence-corrected chi connectivity index (χ0v) is 12.9. The van der Waals surface area contributed by atoms with Crippen LogP contribution in [0.25, 0.3) is 0 Å². The van der Waals surface area contributed by atoms with E-state index < -0.39 is 5.97 Å². The number of amides is 2. The number of anilines is 2. The second-order valence-electron chi connectivity index (χ2n) is 5.45. The topological polar surface area (TPSA) is 67.4 Å². The molecule has 5 nitrogen and oxygen atoms in total. The molecule has 0 bridgehead atoms. The molecule has 0 spiro atoms. The number of nitrogens with one attached hydrogen (secondary N) is 2. The van der Waals surface area contributed by atoms with Crippen LogP contribution < -0.4 is 10.6 Å². The maximum Gasteiger partial charge on any atom is 0.339 e. The highest BCUT2D eigenvalue weighted by Crippen LogP contribution is 2.25. The number of esters is 1. The SMILES string of the molecule is COC(=O)c1ccccc1NC(=O)Nc1ccc2c(c1)CCC2. The summed E-state index contributed by atoms with van der Waals surface area (Å²) in [5.41, 5.74) is 4.13. The molecule has 1 aliphatic rings. The van der Waals surface area contributed by atoms with Gasteiger partial charge in [0.25, 0.3) is 0 Å². The van der Waals surface area contributed by atoms with Gasteiger partial charge in [0.2, 0.25) is 0 Å². The molecule has 0 aliphatic heterocycles. The van der Waals surface area contributed by atoms with E-state index in [1.165, 1.54) is 18.2 Å². The third kappa shape index (κ3) is 3.34. The molecular weight excluding hydrogens is 292 g/mol. The molecular formula is C18H18N2O3. The molecule has 5 heteroatoms. The number of fused-ring (bicyclic) bond motifs is 1. The summed E-state index contributed by atoms with van der Waals surface area (Å²) in [6.07, 6.45) is 3.32. The quantitative estimate of drug-likeness (QED) is 0.851. The number of benzene rings is 2. The van der Waals surface area contributed by atoms with Crippen LogP contribution >= 0.6 is 0 Å². The van der Waals surface area contributed by atoms with Crippen molar-refractivity contribution in [2.45, 2.75) is 19.3 Å². The van der Waals surface area contributed by atoms with Gasteiger partial charge in [-0.1, -0.05) is 18.2 Å². The van der Waals surface area contributed by atoms with Crippen LogP contribution in [-0.2, 0) is 17.6 Å². The Labute approximate surface area is 134 Å². The van der Waals surface area contributed by atoms with Gasteiger partial charge in [0, 0.05) is 5.69 Å². The molecule has 1 aliphatic carbocycles. The first-order valence-corrected chi connectivity index (χ1v) is 7.54. The predicted molar refractivity (Wildman–Crippen MR) is 88.9 cm³/mol. The van der Waals surface area contributed by atoms with E-state index in [2.05, 4.69) is 16.7 Å². The largest absolute Gasteiger partial charge is 0.465 e. The third-order valence-corrected chi connectivity index (χ3v) is 3.94. The second kappa shape index (κ2) is 6.52. The standard InChI is InChI=1S/C18H18N2O3/c1-23-17(21)15-7-2-3-8-16(15)20-18(22)19-14-10-9-12-5-4-6-13(12)11-14/h2-3,7-11H,4-6H2,1H3,(H2,19,20,22). The number of aryl methyl sites for hydroxylation is 2. The summed E-state index contributed by atoms with van der Waals surface area (Å²) in [6, 6.07) is 12.3. The maximum atomic E-state index is 12.2. The zero-order chi connectivity index (χ0) is 16.2. The molecule has 0 saturated heterocycles. The van der Waals surface area contributed by atoms with Gasteiger partial charge in [-0.05, 0) is 54.7 Å². The molecule has 23 heavy (non-hydrogen) atoms. The minimum Gasteiger partial charge on any atom is -0.465 e. The molecule has 0 fully saturated rings. The lowest BCUT2D eigenvalue weighted by Crippen LogP contribution is -2.21. The van der Waals surface area contributed by atoms with Gasteiger partial charge in [-0.25, -0.2) is 9.59 Å². The summed E-state index contributed by atoms with van der Waals surface area (Å²) in [5, 5.41) is 5.49. The number of urea groups is 1. The van der Waals surface area contributed by atoms with Crippen LogP contribution in [0.2, 0.25) is 0 Å². The predicted octanol–water partition coefficient (Wildman–Crippen LogP) is 3.61. The Bertz CT molecular complexity index is 756. The molecule has 0 saturated carbocycles. The number of hydrogen-bond donors (Lipinski definition) is 2. The lowest BCUT2D eigenvalue weighted by atomic mass is 10.1. The fourth-order valence-corrected chi connectivity index (χ4v) is 2.81. The van der Waals surface area contributed by atoms with E-state index in [0.29, 0.717) is 11.3 Å². The van der Waals surface area contributed by atoms with E-state index in [9.17, 15) is 9.59 Å². The van der Waals surface area contributed by atoms with Crippen LogP contribution in [0.4, 0.5) is 16.2 Å². The van der Waals surface area contributed by atoms with Gasteiger partial charge in [0.05, 0.1) is 18.4 Å². The molecule has 0 aromatic heterocycles. The number of carbonyl (C=O) groups excluding carboxylic acids is 2. The normalized spacial score (nSPS) is 12.4. The highest BCUT2D eigenvalue weighted by atomic mass is 16.5. The monoisotopic (exact) mass is 310 g/mol. The van der Waals surface area contributed by atoms with Crippen LogP contribution in [0.15, 0.2) is 42.5 Å². The van der Waals surface area contributed by atoms with Gasteiger partial charge in [-0.3, -0.25) is 0 Å². The fraction of sp³-hybridized carbons (Fsp3) is 0.222. The van der Waals surface area contributed by atoms with Crippen molar-refractivity contribution in [2.24, 2.45) is 0 Å². The highest BCUT2D eigenvalue weighted by Gasteiger charge is 2.14. The number of methoxy groups -OCH3 is 1. The minimum absolute atomic E-state index is 0.319. The Morgan fingerprint density at radius 2 is 1.78 bits per heavy atom. The number of rotatable bonds is 3. The van der Waals surface area contributed by atoms with E-state index in [1.54, 1.807) is 24.3 Å². The number of hydrogen-bond acceptors (Lipinski definition) is 3. The van der Waals surface area contributed by atoms with Crippen LogP contribution in [0.1, 0.15) is 27.9 Å². The maximum absolute atomic E-state index is 12.2. The van der Waals surface area contributed by atoms with Crippen molar-refractivity contribution >= 4 is 23.4 Å². The highest BCUT2D eigenvalue weighted by molar-refractivity contribution is 6.05. The summed E-state index contributed by atoms with van der Waals surface area (Å²) >= 11 is 0. The van der Waals surface area contributed by atoms with Gasteiger partial charge in [0.15, 0.2) is 0 Å². The zero-order valence-electron chi connectivity index (χ0n) is 12.9. The van der Waals surface area contributed by atoms with Crippen LogP contribution in [0, 0.1) is 0 Å². The summed E-state index contributed by atoms with van der Waals surface area (Å²) in [6.45, 7) is 0. The smallest absolute Gasteiger partial charge is 0.339 e. The molecule has 2 N–H and O–H groups in total. The van der Waals surface area contributed by atoms with Crippen LogP contribution in [-0.4, -0.2) is 19.1 Å². The Balaban J connectivity index is 1.72. The second-order valence-corrected chi connectivity index (χ2v) is 5.45. The number of ether oxygens (including phenoxy) is 1. The van der Waals surface area contributed by atoms with Crippen molar-refractivity contribution in [3.8, 4) is 0 Å². The molecule has 0 radical (unpaired) electrons. The van der Waals surface area contributed by atoms with Gasteiger partial charge in [0.1, 0.15) is 0 Å². The third-order valence-electron chi connectivity index (χ3n) is 3.94. The van der Waals surface area contributed by atoms with E-state index >= 15 is 0 Å². The summed E-state index contributed by atoms with van der Waals surface area (Å²) < 4.78 is 4.72. The molecule has 118 valence electrons. The first-order chi connectivity index (χ1) is 11.2. The Kier molecular flexibility index (Phi) is 4.28. The molecule has 3 rings (SSSR count). The fourth-order valence-electron chi connectivity index (χ4n) is 2.81. The van der Waals surface area contributed by atoms with E-state index in [0.717, 1.165) is 24.9 Å². The van der Waals surface area contributed by atoms with Crippen molar-refractivity contribution in [1.29, 1.82) is 0 Å². The first kappa shape index (κ1) is 15.1. The van der Waals surface area contributed by atoms with Crippen LogP contribution in [0.3, 0.4) is 0 Å². The van der Waals surface area contributed by atoms with Gasteiger partial charge < -0.3 is 15.4 Å². The van der Waals surface area contributed by atoms with Gasteiger partial charge in [-0.2, -0.15) is 0 Å². The van der Waals surface area contributed by atoms with Crippen molar-refractivity contribution < 1.29 is 14.3 Å². The Morgan fingerprint density at radius 3 is 2.61 bits per heavy atom. The molecule has 0 atom stereocenters. The minimum atomic E-state index is -0.488. The average Bonchev–Trinajstić information content (AvgIpc) is 3.02. The van der Waals surface area contributed by atoms with Crippen molar-refractivity contribution in [3.63, 3.8) is 0 Å². The Hall–Kier alpha value is -2.82. The van der Waals surface area contributed by atoms with Gasteiger partial charge in [-0.15, -0.1) is 0 Å². The number of carbonyl (C=O) groups is 2. The van der Waals surface area contributed by atoms with Crippen molar-refractivity contribution in [3.05, 3.63) is 59.2 Å². The summed E-state index contributed by atoms with van der Waals surface area (Å²) in [5.74, 6) is -0.488. The van der Waals surface area contributed by atoms with E-state index in [4.69, 9.17) is 4.74 Å². The van der Waals surface area contributed by atoms with Gasteiger partial charge >= 0.3 is 12.0 Å². The van der Waals surface area contributed by atoms with Crippen LogP contribution in [0.5, 0.6) is 0 Å². The Morgan fingerprint density at radius 1 is 1.00 bits per heavy atom. The lowest BCUT2D eigenvalue weighted by Gasteiger charge is -2.11. The molecule has 2 aromatic rings. The van der Waals surface area contributed by atoms with E-state index in [-0.39, 0.29) is 6.03 Å². The molecule has 2 amide bonds. The summed E-state index contributed by atoms with van der Waals surface area (Å²) in [4.78, 5) is 23.9.